The molecule has 2 aromatic rings. The van der Waals surface area contributed by atoms with Gasteiger partial charge >= 0.3 is 0 Å². The Morgan fingerprint density at radius 2 is 1.85 bits per heavy atom. The summed E-state index contributed by atoms with van der Waals surface area (Å²) in [6, 6.07) is 12.7. The minimum absolute atomic E-state index is 0.197. The molecule has 0 unspecified atom stereocenters. The van der Waals surface area contributed by atoms with Crippen molar-refractivity contribution in [2.24, 2.45) is 0 Å². The van der Waals surface area contributed by atoms with Gasteiger partial charge in [-0.3, -0.25) is 0 Å². The molecule has 2 aromatic carbocycles. The molecule has 4 heteroatoms. The summed E-state index contributed by atoms with van der Waals surface area (Å²) in [5.41, 5.74) is 0.968. The number of benzene rings is 2. The van der Waals surface area contributed by atoms with E-state index in [4.69, 9.17) is 11.6 Å². The number of halogens is 2. The molecule has 0 saturated heterocycles. The first kappa shape index (κ1) is 15.4. The highest BCUT2D eigenvalue weighted by Crippen LogP contribution is 2.29. The highest BCUT2D eigenvalue weighted by molar-refractivity contribution is 7.99. The van der Waals surface area contributed by atoms with Gasteiger partial charge < -0.3 is 5.32 Å². The third-order valence-corrected chi connectivity index (χ3v) is 3.97. The highest BCUT2D eigenvalue weighted by Gasteiger charge is 2.03. The highest BCUT2D eigenvalue weighted by atomic mass is 35.5. The van der Waals surface area contributed by atoms with Crippen molar-refractivity contribution in [1.29, 1.82) is 0 Å². The zero-order chi connectivity index (χ0) is 14.4. The van der Waals surface area contributed by atoms with Gasteiger partial charge in [-0.2, -0.15) is 0 Å². The van der Waals surface area contributed by atoms with E-state index in [9.17, 15) is 4.39 Å². The minimum atomic E-state index is -0.197. The van der Waals surface area contributed by atoms with Crippen molar-refractivity contribution in [1.82, 2.24) is 5.32 Å². The standard InChI is InChI=1S/C16H17ClFNS/c1-2-7-19-11-12-8-14(18)10-16(9-12)20-15-5-3-13(17)4-6-15/h3-6,8-10,19H,2,7,11H2,1H3. The van der Waals surface area contributed by atoms with Crippen LogP contribution in [0, 0.1) is 5.82 Å². The van der Waals surface area contributed by atoms with Crippen LogP contribution in [0.15, 0.2) is 52.3 Å². The van der Waals surface area contributed by atoms with Crippen LogP contribution in [-0.4, -0.2) is 6.54 Å². The van der Waals surface area contributed by atoms with Crippen LogP contribution in [0.1, 0.15) is 18.9 Å². The van der Waals surface area contributed by atoms with Crippen LogP contribution in [-0.2, 0) is 6.54 Å². The molecule has 1 N–H and O–H groups in total. The van der Waals surface area contributed by atoms with Gasteiger partial charge in [0.2, 0.25) is 0 Å². The summed E-state index contributed by atoms with van der Waals surface area (Å²) in [5.74, 6) is -0.197. The van der Waals surface area contributed by atoms with Crippen molar-refractivity contribution in [3.63, 3.8) is 0 Å². The summed E-state index contributed by atoms with van der Waals surface area (Å²) >= 11 is 7.40. The average Bonchev–Trinajstić information content (AvgIpc) is 2.41. The maximum absolute atomic E-state index is 13.6. The Morgan fingerprint density at radius 3 is 2.55 bits per heavy atom. The van der Waals surface area contributed by atoms with E-state index in [1.165, 1.54) is 11.8 Å². The molecule has 0 aliphatic carbocycles. The van der Waals surface area contributed by atoms with Gasteiger partial charge in [0.1, 0.15) is 5.82 Å². The normalized spacial score (nSPS) is 10.8. The lowest BCUT2D eigenvalue weighted by molar-refractivity contribution is 0.615. The quantitative estimate of drug-likeness (QED) is 0.742. The molecule has 0 aliphatic rings. The second-order valence-corrected chi connectivity index (χ2v) is 6.11. The van der Waals surface area contributed by atoms with Crippen molar-refractivity contribution in [3.8, 4) is 0 Å². The molecule has 2 rings (SSSR count). The van der Waals surface area contributed by atoms with Crippen LogP contribution in [0.4, 0.5) is 4.39 Å². The van der Waals surface area contributed by atoms with Gasteiger partial charge in [0.05, 0.1) is 0 Å². The van der Waals surface area contributed by atoms with Crippen LogP contribution in [0.25, 0.3) is 0 Å². The molecule has 0 spiro atoms. The zero-order valence-corrected chi connectivity index (χ0v) is 12.9. The molecule has 0 amide bonds. The molecule has 106 valence electrons. The molecule has 0 saturated carbocycles. The molecule has 0 radical (unpaired) electrons. The summed E-state index contributed by atoms with van der Waals surface area (Å²) in [6.07, 6.45) is 1.07. The summed E-state index contributed by atoms with van der Waals surface area (Å²) < 4.78 is 13.6. The van der Waals surface area contributed by atoms with Gasteiger partial charge in [-0.1, -0.05) is 30.3 Å². The van der Waals surface area contributed by atoms with Gasteiger partial charge in [-0.05, 0) is 61.0 Å². The lowest BCUT2D eigenvalue weighted by atomic mass is 10.2. The fraction of sp³-hybridized carbons (Fsp3) is 0.250. The zero-order valence-electron chi connectivity index (χ0n) is 11.3. The van der Waals surface area contributed by atoms with Crippen LogP contribution >= 0.6 is 23.4 Å². The monoisotopic (exact) mass is 309 g/mol. The molecule has 0 aromatic heterocycles. The van der Waals surface area contributed by atoms with E-state index >= 15 is 0 Å². The molecular formula is C16H17ClFNS. The van der Waals surface area contributed by atoms with Gasteiger partial charge in [0.25, 0.3) is 0 Å². The van der Waals surface area contributed by atoms with E-state index in [-0.39, 0.29) is 5.82 Å². The Bertz CT molecular complexity index is 557. The summed E-state index contributed by atoms with van der Waals surface area (Å²) in [7, 11) is 0. The fourth-order valence-electron chi connectivity index (χ4n) is 1.83. The van der Waals surface area contributed by atoms with E-state index in [2.05, 4.69) is 12.2 Å². The molecule has 0 aliphatic heterocycles. The first-order valence-corrected chi connectivity index (χ1v) is 7.80. The van der Waals surface area contributed by atoms with E-state index < -0.39 is 0 Å². The summed E-state index contributed by atoms with van der Waals surface area (Å²) in [6.45, 7) is 3.75. The maximum Gasteiger partial charge on any atom is 0.124 e. The Balaban J connectivity index is 2.09. The van der Waals surface area contributed by atoms with Crippen LogP contribution < -0.4 is 5.32 Å². The van der Waals surface area contributed by atoms with E-state index in [0.717, 1.165) is 28.3 Å². The second-order valence-electron chi connectivity index (χ2n) is 4.53. The number of hydrogen-bond acceptors (Lipinski definition) is 2. The lowest BCUT2D eigenvalue weighted by Crippen LogP contribution is -2.13. The summed E-state index contributed by atoms with van der Waals surface area (Å²) in [5, 5.41) is 3.99. The van der Waals surface area contributed by atoms with E-state index in [1.54, 1.807) is 12.1 Å². The molecule has 0 atom stereocenters. The Labute approximate surface area is 128 Å². The Hall–Kier alpha value is -1.03. The third kappa shape index (κ3) is 4.82. The van der Waals surface area contributed by atoms with Gasteiger partial charge in [-0.15, -0.1) is 0 Å². The second kappa shape index (κ2) is 7.67. The van der Waals surface area contributed by atoms with Crippen molar-refractivity contribution in [2.75, 3.05) is 6.54 Å². The Morgan fingerprint density at radius 1 is 1.10 bits per heavy atom. The Kier molecular flexibility index (Phi) is 5.89. The predicted molar refractivity (Wildman–Crippen MR) is 84.0 cm³/mol. The van der Waals surface area contributed by atoms with Gasteiger partial charge in [0, 0.05) is 21.4 Å². The van der Waals surface area contributed by atoms with E-state index in [0.29, 0.717) is 11.6 Å². The smallest absolute Gasteiger partial charge is 0.124 e. The maximum atomic E-state index is 13.6. The number of hydrogen-bond donors (Lipinski definition) is 1. The number of nitrogens with one attached hydrogen (secondary N) is 1. The van der Waals surface area contributed by atoms with Crippen LogP contribution in [0.2, 0.25) is 5.02 Å². The van der Waals surface area contributed by atoms with Gasteiger partial charge in [-0.25, -0.2) is 4.39 Å². The van der Waals surface area contributed by atoms with Crippen LogP contribution in [0.3, 0.4) is 0 Å². The topological polar surface area (TPSA) is 12.0 Å². The SMILES string of the molecule is CCCNCc1cc(F)cc(Sc2ccc(Cl)cc2)c1. The van der Waals surface area contributed by atoms with Crippen molar-refractivity contribution in [3.05, 3.63) is 58.9 Å². The van der Waals surface area contributed by atoms with Crippen molar-refractivity contribution in [2.45, 2.75) is 29.7 Å². The molecule has 0 heterocycles. The molecular weight excluding hydrogens is 293 g/mol. The average molecular weight is 310 g/mol. The predicted octanol–water partition coefficient (Wildman–Crippen LogP) is 5.13. The summed E-state index contributed by atoms with van der Waals surface area (Å²) in [4.78, 5) is 1.95. The van der Waals surface area contributed by atoms with Crippen molar-refractivity contribution < 1.29 is 4.39 Å². The molecule has 0 bridgehead atoms. The molecule has 1 nitrogen and oxygen atoms in total. The first-order valence-electron chi connectivity index (χ1n) is 6.61. The molecule has 0 fully saturated rings. The fourth-order valence-corrected chi connectivity index (χ4v) is 2.88. The number of rotatable bonds is 6. The van der Waals surface area contributed by atoms with Crippen LogP contribution in [0.5, 0.6) is 0 Å². The van der Waals surface area contributed by atoms with E-state index in [1.807, 2.05) is 30.3 Å². The largest absolute Gasteiger partial charge is 0.313 e. The molecule has 20 heavy (non-hydrogen) atoms. The minimum Gasteiger partial charge on any atom is -0.313 e. The van der Waals surface area contributed by atoms with Crippen molar-refractivity contribution >= 4 is 23.4 Å². The lowest BCUT2D eigenvalue weighted by Gasteiger charge is -2.07. The first-order chi connectivity index (χ1) is 9.67. The van der Waals surface area contributed by atoms with Gasteiger partial charge in [0.15, 0.2) is 0 Å². The third-order valence-electron chi connectivity index (χ3n) is 2.74.